The van der Waals surface area contributed by atoms with Gasteiger partial charge in [0, 0.05) is 37.4 Å². The number of hydrogen-bond acceptors (Lipinski definition) is 3. The lowest BCUT2D eigenvalue weighted by molar-refractivity contribution is 0.951. The average Bonchev–Trinajstić information content (AvgIpc) is 3.78. The molecular weight excluding hydrogens is 675 g/mol. The molecule has 0 N–H and O–H groups in total. The predicted molar refractivity (Wildman–Crippen MR) is 235 cm³/mol. The Morgan fingerprint density at radius 2 is 1.31 bits per heavy atom. The fraction of sp³-hybridized carbons (Fsp3) is 0.0400. The number of hydrogen-bond donors (Lipinski definition) is 0. The molecule has 258 valence electrons. The maximum atomic E-state index is 5.37. The minimum absolute atomic E-state index is 0.602. The van der Waals surface area contributed by atoms with Crippen LogP contribution in [-0.4, -0.2) is 14.5 Å². The van der Waals surface area contributed by atoms with E-state index >= 15 is 0 Å². The van der Waals surface area contributed by atoms with Crippen molar-refractivity contribution in [2.75, 3.05) is 0 Å². The lowest BCUT2D eigenvalue weighted by Crippen LogP contribution is -2.07. The van der Waals surface area contributed by atoms with Crippen LogP contribution in [0.15, 0.2) is 165 Å². The van der Waals surface area contributed by atoms with E-state index in [0.717, 1.165) is 44.7 Å². The Kier molecular flexibility index (Phi) is 8.45. The molecule has 0 unspecified atom stereocenters. The van der Waals surface area contributed by atoms with Gasteiger partial charge in [0.05, 0.1) is 27.3 Å². The molecule has 9 rings (SSSR count). The van der Waals surface area contributed by atoms with Gasteiger partial charge in [-0.05, 0) is 64.9 Å². The van der Waals surface area contributed by atoms with Gasteiger partial charge in [-0.1, -0.05) is 159 Å². The number of benzene rings is 6. The maximum absolute atomic E-state index is 5.37. The van der Waals surface area contributed by atoms with Gasteiger partial charge in [-0.25, -0.2) is 9.97 Å². The summed E-state index contributed by atoms with van der Waals surface area (Å²) < 4.78 is 4.73. The van der Waals surface area contributed by atoms with Crippen molar-refractivity contribution >= 4 is 81.7 Å². The van der Waals surface area contributed by atoms with Crippen LogP contribution in [0.5, 0.6) is 0 Å². The molecule has 6 aromatic carbocycles. The van der Waals surface area contributed by atoms with Crippen molar-refractivity contribution < 1.29 is 0 Å². The third-order valence-electron chi connectivity index (χ3n) is 10.2. The number of fused-ring (bicyclic) bond motifs is 10. The number of rotatable bonds is 8. The maximum Gasteiger partial charge on any atom is 0.235 e. The molecule has 0 spiro atoms. The van der Waals surface area contributed by atoms with E-state index in [1.165, 1.54) is 52.8 Å². The van der Waals surface area contributed by atoms with Gasteiger partial charge in [0.25, 0.3) is 0 Å². The first-order valence-corrected chi connectivity index (χ1v) is 19.0. The molecule has 0 amide bonds. The van der Waals surface area contributed by atoms with Crippen LogP contribution in [0, 0.1) is 0 Å². The largest absolute Gasteiger partial charge is 0.276 e. The quantitative estimate of drug-likeness (QED) is 0.116. The number of nitrogens with zero attached hydrogens (tertiary/aromatic N) is 3. The Hall–Kier alpha value is -6.62. The van der Waals surface area contributed by atoms with Crippen molar-refractivity contribution in [3.63, 3.8) is 0 Å². The summed E-state index contributed by atoms with van der Waals surface area (Å²) in [6.45, 7) is 12.4. The summed E-state index contributed by atoms with van der Waals surface area (Å²) in [7, 11) is 0. The van der Waals surface area contributed by atoms with Crippen LogP contribution in [-0.2, 0) is 0 Å². The normalized spacial score (nSPS) is 12.4. The molecule has 54 heavy (non-hydrogen) atoms. The van der Waals surface area contributed by atoms with Gasteiger partial charge in [0.2, 0.25) is 5.95 Å². The van der Waals surface area contributed by atoms with Gasteiger partial charge in [-0.15, -0.1) is 11.3 Å². The van der Waals surface area contributed by atoms with Crippen molar-refractivity contribution in [2.45, 2.75) is 13.8 Å². The molecule has 0 bridgehead atoms. The zero-order chi connectivity index (χ0) is 36.8. The molecule has 3 heterocycles. The smallest absolute Gasteiger partial charge is 0.235 e. The van der Waals surface area contributed by atoms with Crippen molar-refractivity contribution in [1.82, 2.24) is 14.5 Å². The monoisotopic (exact) mass is 711 g/mol. The first-order chi connectivity index (χ1) is 26.6. The van der Waals surface area contributed by atoms with Gasteiger partial charge in [-0.3, -0.25) is 4.57 Å². The zero-order valence-corrected chi connectivity index (χ0v) is 31.1. The van der Waals surface area contributed by atoms with Crippen LogP contribution >= 0.6 is 11.3 Å². The van der Waals surface area contributed by atoms with E-state index in [4.69, 9.17) is 9.97 Å². The lowest BCUT2D eigenvalue weighted by Gasteiger charge is -2.14. The van der Waals surface area contributed by atoms with Gasteiger partial charge >= 0.3 is 0 Å². The Morgan fingerprint density at radius 1 is 0.667 bits per heavy atom. The van der Waals surface area contributed by atoms with Crippen LogP contribution in [0.25, 0.3) is 98.7 Å². The van der Waals surface area contributed by atoms with Crippen LogP contribution in [0.2, 0.25) is 0 Å². The van der Waals surface area contributed by atoms with Crippen molar-refractivity contribution in [1.29, 1.82) is 0 Å². The summed E-state index contributed by atoms with van der Waals surface area (Å²) in [6, 6.07) is 43.2. The number of thiophene rings is 1. The Balaban J connectivity index is 1.52. The van der Waals surface area contributed by atoms with Crippen LogP contribution < -0.4 is 0 Å². The molecular formula is C50H37N3S. The topological polar surface area (TPSA) is 30.7 Å². The molecule has 0 aliphatic carbocycles. The van der Waals surface area contributed by atoms with Gasteiger partial charge in [0.15, 0.2) is 0 Å². The van der Waals surface area contributed by atoms with Crippen molar-refractivity contribution in [3.8, 4) is 28.3 Å². The second-order valence-corrected chi connectivity index (χ2v) is 14.3. The fourth-order valence-corrected chi connectivity index (χ4v) is 9.32. The average molecular weight is 712 g/mol. The summed E-state index contributed by atoms with van der Waals surface area (Å²) in [5, 5.41) is 8.64. The summed E-state index contributed by atoms with van der Waals surface area (Å²) in [4.78, 5) is 10.7. The number of allylic oxidation sites excluding steroid dienone is 6. The van der Waals surface area contributed by atoms with E-state index < -0.39 is 0 Å². The van der Waals surface area contributed by atoms with Crippen LogP contribution in [0.3, 0.4) is 0 Å². The Morgan fingerprint density at radius 3 is 1.98 bits per heavy atom. The highest BCUT2D eigenvalue weighted by atomic mass is 32.1. The first-order valence-electron chi connectivity index (χ1n) is 18.2. The highest BCUT2D eigenvalue weighted by Crippen LogP contribution is 2.51. The molecule has 4 heteroatoms. The molecule has 0 aliphatic rings. The molecule has 9 aromatic rings. The molecule has 0 aliphatic heterocycles. The highest BCUT2D eigenvalue weighted by molar-refractivity contribution is 7.28. The van der Waals surface area contributed by atoms with Gasteiger partial charge in [-0.2, -0.15) is 0 Å². The van der Waals surface area contributed by atoms with Crippen LogP contribution in [0.1, 0.15) is 30.8 Å². The van der Waals surface area contributed by atoms with E-state index in [-0.39, 0.29) is 0 Å². The molecule has 3 aromatic heterocycles. The molecule has 3 nitrogen and oxygen atoms in total. The number of aromatic nitrogens is 3. The predicted octanol–water partition coefficient (Wildman–Crippen LogP) is 14.3. The van der Waals surface area contributed by atoms with Crippen molar-refractivity contribution in [2.24, 2.45) is 0 Å². The van der Waals surface area contributed by atoms with E-state index in [2.05, 4.69) is 164 Å². The first kappa shape index (κ1) is 33.2. The van der Waals surface area contributed by atoms with E-state index in [9.17, 15) is 0 Å². The molecule has 0 fully saturated rings. The Bertz CT molecular complexity index is 3030. The van der Waals surface area contributed by atoms with Crippen molar-refractivity contribution in [3.05, 3.63) is 182 Å². The third-order valence-corrected chi connectivity index (χ3v) is 11.5. The zero-order valence-electron chi connectivity index (χ0n) is 30.3. The third kappa shape index (κ3) is 5.26. The summed E-state index contributed by atoms with van der Waals surface area (Å²) in [6.07, 6.45) is 14.1. The van der Waals surface area contributed by atoms with E-state index in [0.29, 0.717) is 5.95 Å². The van der Waals surface area contributed by atoms with E-state index in [1.807, 2.05) is 36.5 Å². The molecule has 0 saturated heterocycles. The van der Waals surface area contributed by atoms with Gasteiger partial charge in [0.1, 0.15) is 0 Å². The summed E-state index contributed by atoms with van der Waals surface area (Å²) in [5.74, 6) is 0.602. The second kappa shape index (κ2) is 13.7. The standard InChI is InChI=1S/C50H37N3S/c1-5-9-21-32(7-3)42-31-43(34-24-14-11-15-25-34)52-50(51-42)53-44(20-6-2)35(8-4)41-30-40(33-22-12-10-13-23-33)46-45-38-28-18-16-26-36(38)37-27-17-19-29-39(37)48(45)54-49(46)47(41)53/h5-31H,1,4H2,2-3H3/b20-6-,21-9-,32-7+. The molecule has 0 atom stereocenters. The van der Waals surface area contributed by atoms with Crippen LogP contribution in [0.4, 0.5) is 0 Å². The Labute approximate surface area is 318 Å². The molecule has 0 radical (unpaired) electrons. The lowest BCUT2D eigenvalue weighted by atomic mass is 9.92. The fourth-order valence-electron chi connectivity index (χ4n) is 7.90. The minimum atomic E-state index is 0.602. The SMILES string of the molecule is C=C/C=C\C(=C/C)c1cc(-c2ccccc2)nc(-n2c(/C=C\C)c(C=C)c3cc(-c4ccccc4)c4c(sc5c6ccccc6c6ccccc6c54)c32)n1. The van der Waals surface area contributed by atoms with E-state index in [1.54, 1.807) is 6.08 Å². The second-order valence-electron chi connectivity index (χ2n) is 13.3. The summed E-state index contributed by atoms with van der Waals surface area (Å²) >= 11 is 1.86. The molecule has 0 saturated carbocycles. The van der Waals surface area contributed by atoms with Gasteiger partial charge < -0.3 is 0 Å². The highest BCUT2D eigenvalue weighted by Gasteiger charge is 2.26. The minimum Gasteiger partial charge on any atom is -0.276 e. The summed E-state index contributed by atoms with van der Waals surface area (Å²) in [5.41, 5.74) is 9.16.